The molecule has 4 heteroatoms. The van der Waals surface area contributed by atoms with Gasteiger partial charge in [0.15, 0.2) is 5.82 Å². The van der Waals surface area contributed by atoms with Crippen molar-refractivity contribution in [2.75, 3.05) is 0 Å². The molecule has 0 fully saturated rings. The van der Waals surface area contributed by atoms with Gasteiger partial charge in [-0.05, 0) is 23.9 Å². The number of nitrogens with zero attached hydrogens (tertiary/aromatic N) is 2. The molecular weight excluding hydrogens is 228 g/mol. The van der Waals surface area contributed by atoms with Crippen molar-refractivity contribution >= 4 is 22.9 Å². The van der Waals surface area contributed by atoms with Crippen LogP contribution in [-0.4, -0.2) is 9.97 Å². The summed E-state index contributed by atoms with van der Waals surface area (Å²) in [6.45, 7) is 2.13. The molecule has 0 spiro atoms. The van der Waals surface area contributed by atoms with Crippen molar-refractivity contribution in [1.82, 2.24) is 9.97 Å². The number of aryl methyl sites for hydroxylation is 1. The predicted molar refractivity (Wildman–Crippen MR) is 64.4 cm³/mol. The highest BCUT2D eigenvalue weighted by Crippen LogP contribution is 2.20. The van der Waals surface area contributed by atoms with Crippen LogP contribution in [0, 0.1) is 0 Å². The van der Waals surface area contributed by atoms with Gasteiger partial charge in [0.2, 0.25) is 0 Å². The van der Waals surface area contributed by atoms with Crippen LogP contribution in [0.2, 0.25) is 5.15 Å². The first-order valence-electron chi connectivity index (χ1n) is 4.85. The predicted octanol–water partition coefficient (Wildman–Crippen LogP) is 3.81. The number of rotatable bonds is 3. The van der Waals surface area contributed by atoms with Crippen LogP contribution in [0.1, 0.15) is 19.0 Å². The fourth-order valence-electron chi connectivity index (χ4n) is 1.37. The van der Waals surface area contributed by atoms with Gasteiger partial charge in [0.05, 0.1) is 0 Å². The lowest BCUT2D eigenvalue weighted by molar-refractivity contribution is 0.875. The first kappa shape index (κ1) is 10.6. The summed E-state index contributed by atoms with van der Waals surface area (Å²) in [5, 5.41) is 4.56. The van der Waals surface area contributed by atoms with Gasteiger partial charge in [-0.25, -0.2) is 9.97 Å². The maximum Gasteiger partial charge on any atom is 0.161 e. The van der Waals surface area contributed by atoms with E-state index in [0.717, 1.165) is 29.9 Å². The molecule has 2 nitrogen and oxygen atoms in total. The molecule has 0 atom stereocenters. The Morgan fingerprint density at radius 3 is 2.93 bits per heavy atom. The Bertz CT molecular complexity index is 440. The fraction of sp³-hybridized carbons (Fsp3) is 0.273. The minimum atomic E-state index is 0.523. The first-order chi connectivity index (χ1) is 7.29. The van der Waals surface area contributed by atoms with Crippen LogP contribution in [0.25, 0.3) is 11.4 Å². The summed E-state index contributed by atoms with van der Waals surface area (Å²) in [5.74, 6) is 0.729. The highest BCUT2D eigenvalue weighted by molar-refractivity contribution is 7.08. The highest BCUT2D eigenvalue weighted by Gasteiger charge is 2.05. The van der Waals surface area contributed by atoms with E-state index in [-0.39, 0.29) is 0 Å². The maximum absolute atomic E-state index is 5.95. The van der Waals surface area contributed by atoms with Crippen molar-refractivity contribution in [3.8, 4) is 11.4 Å². The molecule has 0 aromatic carbocycles. The summed E-state index contributed by atoms with van der Waals surface area (Å²) in [7, 11) is 0. The highest BCUT2D eigenvalue weighted by atomic mass is 35.5. The van der Waals surface area contributed by atoms with E-state index in [4.69, 9.17) is 11.6 Å². The second-order valence-corrected chi connectivity index (χ2v) is 4.43. The Kier molecular flexibility index (Phi) is 3.34. The molecule has 2 aromatic heterocycles. The van der Waals surface area contributed by atoms with Crippen LogP contribution in [0.3, 0.4) is 0 Å². The van der Waals surface area contributed by atoms with Gasteiger partial charge in [-0.1, -0.05) is 24.9 Å². The van der Waals surface area contributed by atoms with Gasteiger partial charge in [-0.15, -0.1) is 0 Å². The third-order valence-electron chi connectivity index (χ3n) is 2.03. The second kappa shape index (κ2) is 4.73. The summed E-state index contributed by atoms with van der Waals surface area (Å²) >= 11 is 7.59. The molecule has 2 rings (SSSR count). The average Bonchev–Trinajstić information content (AvgIpc) is 2.70. The van der Waals surface area contributed by atoms with Crippen molar-refractivity contribution in [2.45, 2.75) is 19.8 Å². The zero-order chi connectivity index (χ0) is 10.7. The lowest BCUT2D eigenvalue weighted by Crippen LogP contribution is -1.95. The molecular formula is C11H11ClN2S. The van der Waals surface area contributed by atoms with Gasteiger partial charge in [0, 0.05) is 16.6 Å². The van der Waals surface area contributed by atoms with Crippen LogP contribution < -0.4 is 0 Å². The van der Waals surface area contributed by atoms with Crippen molar-refractivity contribution in [1.29, 1.82) is 0 Å². The Morgan fingerprint density at radius 1 is 1.40 bits per heavy atom. The van der Waals surface area contributed by atoms with Crippen LogP contribution in [0.5, 0.6) is 0 Å². The molecule has 0 unspecified atom stereocenters. The number of hydrogen-bond donors (Lipinski definition) is 0. The molecule has 0 saturated heterocycles. The molecule has 0 radical (unpaired) electrons. The second-order valence-electron chi connectivity index (χ2n) is 3.27. The minimum Gasteiger partial charge on any atom is -0.233 e. The van der Waals surface area contributed by atoms with Crippen LogP contribution in [0.15, 0.2) is 22.9 Å². The molecule has 0 bridgehead atoms. The first-order valence-corrected chi connectivity index (χ1v) is 6.17. The Balaban J connectivity index is 2.40. The van der Waals surface area contributed by atoms with Crippen molar-refractivity contribution in [3.05, 3.63) is 33.7 Å². The molecule has 2 aromatic rings. The zero-order valence-corrected chi connectivity index (χ0v) is 9.98. The number of hydrogen-bond acceptors (Lipinski definition) is 3. The third-order valence-corrected chi connectivity index (χ3v) is 2.91. The summed E-state index contributed by atoms with van der Waals surface area (Å²) < 4.78 is 0. The molecule has 0 aliphatic carbocycles. The molecule has 78 valence electrons. The molecule has 0 aliphatic heterocycles. The zero-order valence-electron chi connectivity index (χ0n) is 8.40. The van der Waals surface area contributed by atoms with Gasteiger partial charge in [-0.3, -0.25) is 0 Å². The van der Waals surface area contributed by atoms with Crippen LogP contribution >= 0.6 is 22.9 Å². The van der Waals surface area contributed by atoms with Gasteiger partial charge in [0.1, 0.15) is 5.15 Å². The van der Waals surface area contributed by atoms with E-state index < -0.39 is 0 Å². The topological polar surface area (TPSA) is 25.8 Å². The summed E-state index contributed by atoms with van der Waals surface area (Å²) in [6, 6.07) is 3.84. The van der Waals surface area contributed by atoms with Crippen molar-refractivity contribution in [3.63, 3.8) is 0 Å². The number of thiophene rings is 1. The number of aromatic nitrogens is 2. The van der Waals surface area contributed by atoms with E-state index in [1.165, 1.54) is 0 Å². The van der Waals surface area contributed by atoms with Crippen LogP contribution in [0.4, 0.5) is 0 Å². The lowest BCUT2D eigenvalue weighted by Gasteiger charge is -2.02. The summed E-state index contributed by atoms with van der Waals surface area (Å²) in [4.78, 5) is 8.70. The largest absolute Gasteiger partial charge is 0.233 e. The lowest BCUT2D eigenvalue weighted by atomic mass is 10.2. The molecule has 0 saturated carbocycles. The monoisotopic (exact) mass is 238 g/mol. The SMILES string of the molecule is CCCc1cc(Cl)nc(-c2ccsc2)n1. The maximum atomic E-state index is 5.95. The normalized spacial score (nSPS) is 10.5. The third kappa shape index (κ3) is 2.55. The standard InChI is InChI=1S/C11H11ClN2S/c1-2-3-9-6-10(12)14-11(13-9)8-4-5-15-7-8/h4-7H,2-3H2,1H3. The Labute approximate surface area is 98.0 Å². The average molecular weight is 239 g/mol. The number of halogens is 1. The van der Waals surface area contributed by atoms with E-state index in [1.54, 1.807) is 11.3 Å². The smallest absolute Gasteiger partial charge is 0.161 e. The minimum absolute atomic E-state index is 0.523. The molecule has 2 heterocycles. The van der Waals surface area contributed by atoms with Gasteiger partial charge in [-0.2, -0.15) is 11.3 Å². The van der Waals surface area contributed by atoms with Crippen molar-refractivity contribution < 1.29 is 0 Å². The molecule has 15 heavy (non-hydrogen) atoms. The quantitative estimate of drug-likeness (QED) is 0.760. The van der Waals surface area contributed by atoms with E-state index >= 15 is 0 Å². The molecule has 0 amide bonds. The van der Waals surface area contributed by atoms with Crippen LogP contribution in [-0.2, 0) is 6.42 Å². The fourth-order valence-corrected chi connectivity index (χ4v) is 2.21. The Morgan fingerprint density at radius 2 is 2.27 bits per heavy atom. The van der Waals surface area contributed by atoms with E-state index in [0.29, 0.717) is 5.15 Å². The van der Waals surface area contributed by atoms with E-state index in [2.05, 4.69) is 16.9 Å². The van der Waals surface area contributed by atoms with Gasteiger partial charge >= 0.3 is 0 Å². The summed E-state index contributed by atoms with van der Waals surface area (Å²) in [5.41, 5.74) is 2.05. The molecule has 0 aliphatic rings. The van der Waals surface area contributed by atoms with Gasteiger partial charge in [0.25, 0.3) is 0 Å². The molecule has 0 N–H and O–H groups in total. The van der Waals surface area contributed by atoms with Gasteiger partial charge < -0.3 is 0 Å². The summed E-state index contributed by atoms with van der Waals surface area (Å²) in [6.07, 6.45) is 2.01. The van der Waals surface area contributed by atoms with E-state index in [1.807, 2.05) is 22.9 Å². The van der Waals surface area contributed by atoms with Crippen molar-refractivity contribution in [2.24, 2.45) is 0 Å². The Hall–Kier alpha value is -0.930. The van der Waals surface area contributed by atoms with E-state index in [9.17, 15) is 0 Å².